The predicted octanol–water partition coefficient (Wildman–Crippen LogP) is 1.58. The van der Waals surface area contributed by atoms with Crippen molar-refractivity contribution in [3.63, 3.8) is 0 Å². The molecule has 1 fully saturated rings. The molecule has 1 saturated heterocycles. The third-order valence-corrected chi connectivity index (χ3v) is 3.43. The molecule has 0 aromatic heterocycles. The first-order valence-electron chi connectivity index (χ1n) is 5.53. The summed E-state index contributed by atoms with van der Waals surface area (Å²) in [5.74, 6) is 0. The van der Waals surface area contributed by atoms with E-state index in [9.17, 15) is 0 Å². The van der Waals surface area contributed by atoms with Crippen molar-refractivity contribution in [1.82, 2.24) is 4.90 Å². The number of piperazine rings is 1. The molecule has 0 atom stereocenters. The van der Waals surface area contributed by atoms with E-state index in [2.05, 4.69) is 16.8 Å². The Bertz CT molecular complexity index is 362. The van der Waals surface area contributed by atoms with Gasteiger partial charge in [-0.05, 0) is 24.7 Å². The molecule has 0 bridgehead atoms. The number of aliphatic hydroxyl groups excluding tert-OH is 1. The van der Waals surface area contributed by atoms with Crippen molar-refractivity contribution in [2.75, 3.05) is 38.1 Å². The molecule has 4 heteroatoms. The van der Waals surface area contributed by atoms with E-state index in [1.165, 1.54) is 0 Å². The molecular weight excluding hydrogens is 224 g/mol. The van der Waals surface area contributed by atoms with Crippen LogP contribution in [0.3, 0.4) is 0 Å². The van der Waals surface area contributed by atoms with E-state index in [1.54, 1.807) is 0 Å². The lowest BCUT2D eigenvalue weighted by Crippen LogP contribution is -2.44. The largest absolute Gasteiger partial charge is 0.392 e. The van der Waals surface area contributed by atoms with Crippen molar-refractivity contribution in [1.29, 1.82) is 0 Å². The molecule has 88 valence electrons. The van der Waals surface area contributed by atoms with Crippen LogP contribution in [0.25, 0.3) is 0 Å². The number of benzene rings is 1. The molecule has 0 amide bonds. The zero-order chi connectivity index (χ0) is 11.5. The predicted molar refractivity (Wildman–Crippen MR) is 67.1 cm³/mol. The van der Waals surface area contributed by atoms with Gasteiger partial charge in [0.25, 0.3) is 0 Å². The minimum Gasteiger partial charge on any atom is -0.392 e. The highest BCUT2D eigenvalue weighted by Gasteiger charge is 2.14. The summed E-state index contributed by atoms with van der Waals surface area (Å²) in [5, 5.41) is 9.70. The van der Waals surface area contributed by atoms with Gasteiger partial charge in [0.1, 0.15) is 0 Å². The summed E-state index contributed by atoms with van der Waals surface area (Å²) >= 11 is 6.08. The Morgan fingerprint density at radius 2 is 1.94 bits per heavy atom. The van der Waals surface area contributed by atoms with E-state index in [4.69, 9.17) is 16.7 Å². The van der Waals surface area contributed by atoms with Gasteiger partial charge in [0, 0.05) is 36.9 Å². The average molecular weight is 241 g/mol. The quantitative estimate of drug-likeness (QED) is 0.851. The molecule has 0 aliphatic carbocycles. The lowest BCUT2D eigenvalue weighted by Gasteiger charge is -2.34. The van der Waals surface area contributed by atoms with Crippen LogP contribution in [0.5, 0.6) is 0 Å². The van der Waals surface area contributed by atoms with Crippen LogP contribution >= 0.6 is 11.6 Å². The number of hydrogen-bond acceptors (Lipinski definition) is 3. The zero-order valence-corrected chi connectivity index (χ0v) is 10.2. The van der Waals surface area contributed by atoms with Gasteiger partial charge >= 0.3 is 0 Å². The Labute approximate surface area is 101 Å². The van der Waals surface area contributed by atoms with Gasteiger partial charge in [-0.2, -0.15) is 0 Å². The zero-order valence-electron chi connectivity index (χ0n) is 9.49. The Hall–Kier alpha value is -0.770. The van der Waals surface area contributed by atoms with Gasteiger partial charge in [-0.15, -0.1) is 0 Å². The summed E-state index contributed by atoms with van der Waals surface area (Å²) in [6.45, 7) is 4.23. The van der Waals surface area contributed by atoms with E-state index in [-0.39, 0.29) is 6.61 Å². The molecule has 1 aliphatic heterocycles. The highest BCUT2D eigenvalue weighted by atomic mass is 35.5. The van der Waals surface area contributed by atoms with Crippen LogP contribution in [0.4, 0.5) is 5.69 Å². The van der Waals surface area contributed by atoms with Crippen molar-refractivity contribution in [3.05, 3.63) is 28.8 Å². The van der Waals surface area contributed by atoms with Gasteiger partial charge in [0.05, 0.1) is 6.61 Å². The summed E-state index contributed by atoms with van der Waals surface area (Å²) < 4.78 is 0. The first kappa shape index (κ1) is 11.7. The van der Waals surface area contributed by atoms with Gasteiger partial charge in [-0.1, -0.05) is 17.7 Å². The molecular formula is C12H17ClN2O. The minimum absolute atomic E-state index is 0.00184. The van der Waals surface area contributed by atoms with E-state index in [0.717, 1.165) is 37.4 Å². The first-order valence-corrected chi connectivity index (χ1v) is 5.91. The number of anilines is 1. The molecule has 1 aromatic carbocycles. The van der Waals surface area contributed by atoms with Crippen LogP contribution < -0.4 is 4.90 Å². The summed E-state index contributed by atoms with van der Waals surface area (Å²) in [4.78, 5) is 4.65. The summed E-state index contributed by atoms with van der Waals surface area (Å²) in [7, 11) is 2.14. The molecule has 16 heavy (non-hydrogen) atoms. The number of aliphatic hydroxyl groups is 1. The maximum atomic E-state index is 9.05. The van der Waals surface area contributed by atoms with E-state index < -0.39 is 0 Å². The van der Waals surface area contributed by atoms with Crippen molar-refractivity contribution >= 4 is 17.3 Å². The van der Waals surface area contributed by atoms with Crippen LogP contribution in [0.1, 0.15) is 5.56 Å². The Morgan fingerprint density at radius 1 is 1.25 bits per heavy atom. The third kappa shape index (κ3) is 2.48. The number of rotatable bonds is 2. The van der Waals surface area contributed by atoms with Crippen LogP contribution in [-0.4, -0.2) is 43.2 Å². The first-order chi connectivity index (χ1) is 7.70. The Morgan fingerprint density at radius 3 is 2.50 bits per heavy atom. The highest BCUT2D eigenvalue weighted by molar-refractivity contribution is 6.31. The molecule has 0 radical (unpaired) electrons. The van der Waals surface area contributed by atoms with Gasteiger partial charge in [0.2, 0.25) is 0 Å². The molecule has 3 nitrogen and oxygen atoms in total. The summed E-state index contributed by atoms with van der Waals surface area (Å²) in [5.41, 5.74) is 1.94. The smallest absolute Gasteiger partial charge is 0.0696 e. The summed E-state index contributed by atoms with van der Waals surface area (Å²) in [6.07, 6.45) is 0. The molecule has 2 rings (SSSR count). The molecule has 0 spiro atoms. The topological polar surface area (TPSA) is 26.7 Å². The van der Waals surface area contributed by atoms with E-state index in [1.807, 2.05) is 18.2 Å². The second kappa shape index (κ2) is 5.04. The average Bonchev–Trinajstić information content (AvgIpc) is 2.30. The maximum Gasteiger partial charge on any atom is 0.0696 e. The fourth-order valence-corrected chi connectivity index (χ4v) is 2.16. The number of likely N-dealkylation sites (N-methyl/N-ethyl adjacent to an activating group) is 1. The second-order valence-electron chi connectivity index (χ2n) is 4.22. The summed E-state index contributed by atoms with van der Waals surface area (Å²) in [6, 6.07) is 5.87. The van der Waals surface area contributed by atoms with Gasteiger partial charge in [-0.3, -0.25) is 0 Å². The maximum absolute atomic E-state index is 9.05. The normalized spacial score (nSPS) is 17.8. The lowest BCUT2D eigenvalue weighted by atomic mass is 10.2. The minimum atomic E-state index is 0.00184. The van der Waals surface area contributed by atoms with Gasteiger partial charge in [-0.25, -0.2) is 0 Å². The van der Waals surface area contributed by atoms with Crippen LogP contribution in [0.15, 0.2) is 18.2 Å². The van der Waals surface area contributed by atoms with Crippen molar-refractivity contribution in [2.45, 2.75) is 6.61 Å². The SMILES string of the molecule is CN1CCN(c2ccc(CO)c(Cl)c2)CC1. The number of halogens is 1. The molecule has 0 saturated carbocycles. The van der Waals surface area contributed by atoms with E-state index in [0.29, 0.717) is 5.02 Å². The van der Waals surface area contributed by atoms with Crippen LogP contribution in [-0.2, 0) is 6.61 Å². The highest BCUT2D eigenvalue weighted by Crippen LogP contribution is 2.24. The van der Waals surface area contributed by atoms with Crippen molar-refractivity contribution < 1.29 is 5.11 Å². The Kier molecular flexibility index (Phi) is 3.69. The fourth-order valence-electron chi connectivity index (χ4n) is 1.93. The lowest BCUT2D eigenvalue weighted by molar-refractivity contribution is 0.282. The Balaban J connectivity index is 2.12. The van der Waals surface area contributed by atoms with Crippen LogP contribution in [0, 0.1) is 0 Å². The number of hydrogen-bond donors (Lipinski definition) is 1. The third-order valence-electron chi connectivity index (χ3n) is 3.08. The standard InChI is InChI=1S/C12H17ClN2O/c1-14-4-6-15(7-5-14)11-3-2-10(9-16)12(13)8-11/h2-3,8,16H,4-7,9H2,1H3. The molecule has 1 heterocycles. The van der Waals surface area contributed by atoms with Crippen LogP contribution in [0.2, 0.25) is 5.02 Å². The van der Waals surface area contributed by atoms with Crippen molar-refractivity contribution in [2.24, 2.45) is 0 Å². The van der Waals surface area contributed by atoms with Gasteiger partial charge < -0.3 is 14.9 Å². The van der Waals surface area contributed by atoms with Gasteiger partial charge in [0.15, 0.2) is 0 Å². The second-order valence-corrected chi connectivity index (χ2v) is 4.63. The molecule has 1 N–H and O–H groups in total. The molecule has 0 unspecified atom stereocenters. The van der Waals surface area contributed by atoms with Crippen molar-refractivity contribution in [3.8, 4) is 0 Å². The fraction of sp³-hybridized carbons (Fsp3) is 0.500. The van der Waals surface area contributed by atoms with E-state index >= 15 is 0 Å². The number of nitrogens with zero attached hydrogens (tertiary/aromatic N) is 2. The molecule has 1 aliphatic rings. The molecule has 1 aromatic rings. The monoisotopic (exact) mass is 240 g/mol.